The van der Waals surface area contributed by atoms with Gasteiger partial charge in [-0.25, -0.2) is 4.98 Å². The van der Waals surface area contributed by atoms with Crippen molar-refractivity contribution in [1.82, 2.24) is 19.7 Å². The summed E-state index contributed by atoms with van der Waals surface area (Å²) in [6, 6.07) is 5.91. The minimum Gasteiger partial charge on any atom is -0.343 e. The summed E-state index contributed by atoms with van der Waals surface area (Å²) >= 11 is 9.35. The monoisotopic (exact) mass is 326 g/mol. The molecule has 0 N–H and O–H groups in total. The number of nitrogens with zero attached hydrogens (tertiary/aromatic N) is 4. The number of halogens is 2. The number of aromatic nitrogens is 4. The molecule has 0 amide bonds. The summed E-state index contributed by atoms with van der Waals surface area (Å²) in [5.74, 6) is 1.72. The van der Waals surface area contributed by atoms with Gasteiger partial charge in [0.25, 0.3) is 0 Å². The summed E-state index contributed by atoms with van der Waals surface area (Å²) < 4.78 is 7.70. The molecule has 5 nitrogen and oxygen atoms in total. The fourth-order valence-corrected chi connectivity index (χ4v) is 2.39. The number of imidazole rings is 1. The minimum atomic E-state index is 0.337. The SMILES string of the molecule is ClCc1nc2cc(Br)ccc2n1Cc1ncon1. The predicted octanol–water partition coefficient (Wildman–Crippen LogP) is 2.97. The Balaban J connectivity index is 2.13. The maximum absolute atomic E-state index is 5.92. The zero-order valence-electron chi connectivity index (χ0n) is 9.18. The van der Waals surface area contributed by atoms with Gasteiger partial charge in [0.2, 0.25) is 6.39 Å². The van der Waals surface area contributed by atoms with Crippen LogP contribution in [0.25, 0.3) is 11.0 Å². The second-order valence-electron chi connectivity index (χ2n) is 3.73. The van der Waals surface area contributed by atoms with Crippen molar-refractivity contribution in [1.29, 1.82) is 0 Å². The Morgan fingerprint density at radius 2 is 2.28 bits per heavy atom. The van der Waals surface area contributed by atoms with E-state index in [0.29, 0.717) is 18.2 Å². The molecule has 0 saturated heterocycles. The highest BCUT2D eigenvalue weighted by Gasteiger charge is 2.12. The van der Waals surface area contributed by atoms with Gasteiger partial charge in [0, 0.05) is 4.47 Å². The first-order valence-corrected chi connectivity index (χ1v) is 6.56. The van der Waals surface area contributed by atoms with Gasteiger partial charge in [-0.3, -0.25) is 0 Å². The van der Waals surface area contributed by atoms with E-state index in [4.69, 9.17) is 16.1 Å². The third-order valence-electron chi connectivity index (χ3n) is 2.62. The first kappa shape index (κ1) is 11.7. The van der Waals surface area contributed by atoms with E-state index in [2.05, 4.69) is 31.1 Å². The van der Waals surface area contributed by atoms with Gasteiger partial charge in [-0.15, -0.1) is 11.6 Å². The number of rotatable bonds is 3. The van der Waals surface area contributed by atoms with Crippen molar-refractivity contribution < 1.29 is 4.52 Å². The molecule has 3 rings (SSSR count). The Morgan fingerprint density at radius 1 is 1.39 bits per heavy atom. The molecule has 0 saturated carbocycles. The standard InChI is InChI=1S/C11H8BrClN4O/c12-7-1-2-9-8(3-7)15-11(4-13)17(9)5-10-14-6-18-16-10/h1-3,6H,4-5H2. The van der Waals surface area contributed by atoms with Gasteiger partial charge in [-0.05, 0) is 18.2 Å². The zero-order valence-corrected chi connectivity index (χ0v) is 11.5. The summed E-state index contributed by atoms with van der Waals surface area (Å²) in [6.45, 7) is 0.497. The van der Waals surface area contributed by atoms with E-state index in [-0.39, 0.29) is 0 Å². The van der Waals surface area contributed by atoms with E-state index in [1.807, 2.05) is 22.8 Å². The molecule has 1 aromatic carbocycles. The molecule has 2 heterocycles. The number of alkyl halides is 1. The molecule has 0 radical (unpaired) electrons. The molecule has 0 fully saturated rings. The Labute approximate surface area is 116 Å². The van der Waals surface area contributed by atoms with E-state index < -0.39 is 0 Å². The molecule has 0 aliphatic rings. The highest BCUT2D eigenvalue weighted by Crippen LogP contribution is 2.22. The number of hydrogen-bond donors (Lipinski definition) is 0. The molecule has 7 heteroatoms. The number of hydrogen-bond acceptors (Lipinski definition) is 4. The lowest BCUT2D eigenvalue weighted by atomic mass is 10.3. The average Bonchev–Trinajstić information content (AvgIpc) is 2.97. The smallest absolute Gasteiger partial charge is 0.213 e. The van der Waals surface area contributed by atoms with Crippen LogP contribution in [-0.2, 0) is 12.4 Å². The fraction of sp³-hybridized carbons (Fsp3) is 0.182. The first-order valence-electron chi connectivity index (χ1n) is 5.24. The van der Waals surface area contributed by atoms with Crippen molar-refractivity contribution in [2.45, 2.75) is 12.4 Å². The quantitative estimate of drug-likeness (QED) is 0.694. The largest absolute Gasteiger partial charge is 0.343 e. The van der Waals surface area contributed by atoms with E-state index in [1.165, 1.54) is 6.39 Å². The minimum absolute atomic E-state index is 0.337. The molecule has 0 bridgehead atoms. The van der Waals surface area contributed by atoms with Crippen LogP contribution < -0.4 is 0 Å². The van der Waals surface area contributed by atoms with E-state index in [9.17, 15) is 0 Å². The van der Waals surface area contributed by atoms with Crippen LogP contribution in [0.15, 0.2) is 33.6 Å². The van der Waals surface area contributed by atoms with Crippen LogP contribution in [0, 0.1) is 0 Å². The lowest BCUT2D eigenvalue weighted by Crippen LogP contribution is -2.05. The molecular formula is C11H8BrClN4O. The zero-order chi connectivity index (χ0) is 12.5. The molecule has 0 spiro atoms. The van der Waals surface area contributed by atoms with Crippen molar-refractivity contribution in [3.8, 4) is 0 Å². The normalized spacial score (nSPS) is 11.2. The molecular weight excluding hydrogens is 320 g/mol. The van der Waals surface area contributed by atoms with Gasteiger partial charge in [0.05, 0.1) is 23.5 Å². The fourth-order valence-electron chi connectivity index (χ4n) is 1.83. The summed E-state index contributed by atoms with van der Waals surface area (Å²) in [4.78, 5) is 8.50. The molecule has 3 aromatic rings. The van der Waals surface area contributed by atoms with Crippen LogP contribution in [0.4, 0.5) is 0 Å². The van der Waals surface area contributed by atoms with Gasteiger partial charge >= 0.3 is 0 Å². The third-order valence-corrected chi connectivity index (χ3v) is 3.35. The van der Waals surface area contributed by atoms with Gasteiger partial charge in [0.15, 0.2) is 5.82 Å². The molecule has 0 aliphatic heterocycles. The maximum atomic E-state index is 5.92. The summed E-state index contributed by atoms with van der Waals surface area (Å²) in [5, 5.41) is 3.80. The van der Waals surface area contributed by atoms with Crippen molar-refractivity contribution in [2.24, 2.45) is 0 Å². The van der Waals surface area contributed by atoms with E-state index in [0.717, 1.165) is 21.3 Å². The number of fused-ring (bicyclic) bond motifs is 1. The second-order valence-corrected chi connectivity index (χ2v) is 4.91. The van der Waals surface area contributed by atoms with Crippen LogP contribution in [0.5, 0.6) is 0 Å². The molecule has 0 unspecified atom stereocenters. The molecule has 18 heavy (non-hydrogen) atoms. The third kappa shape index (κ3) is 2.02. The molecule has 0 aliphatic carbocycles. The van der Waals surface area contributed by atoms with Crippen LogP contribution in [0.2, 0.25) is 0 Å². The van der Waals surface area contributed by atoms with E-state index >= 15 is 0 Å². The summed E-state index contributed by atoms with van der Waals surface area (Å²) in [7, 11) is 0. The summed E-state index contributed by atoms with van der Waals surface area (Å²) in [5.41, 5.74) is 1.89. The van der Waals surface area contributed by atoms with Crippen LogP contribution in [0.1, 0.15) is 11.6 Å². The highest BCUT2D eigenvalue weighted by molar-refractivity contribution is 9.10. The Hall–Kier alpha value is -1.40. The lowest BCUT2D eigenvalue weighted by molar-refractivity contribution is 0.408. The van der Waals surface area contributed by atoms with Gasteiger partial charge in [-0.1, -0.05) is 21.1 Å². The van der Waals surface area contributed by atoms with Crippen LogP contribution >= 0.6 is 27.5 Å². The average molecular weight is 328 g/mol. The Morgan fingerprint density at radius 3 is 3.00 bits per heavy atom. The predicted molar refractivity (Wildman–Crippen MR) is 70.4 cm³/mol. The Bertz CT molecular complexity index is 680. The van der Waals surface area contributed by atoms with Gasteiger partial charge in [0.1, 0.15) is 5.82 Å². The van der Waals surface area contributed by atoms with Gasteiger partial charge in [-0.2, -0.15) is 4.98 Å². The van der Waals surface area contributed by atoms with Crippen LogP contribution in [-0.4, -0.2) is 19.7 Å². The topological polar surface area (TPSA) is 56.7 Å². The maximum Gasteiger partial charge on any atom is 0.213 e. The Kier molecular flexibility index (Phi) is 3.05. The van der Waals surface area contributed by atoms with Crippen molar-refractivity contribution in [3.05, 3.63) is 40.7 Å². The second kappa shape index (κ2) is 4.70. The van der Waals surface area contributed by atoms with Crippen molar-refractivity contribution in [2.75, 3.05) is 0 Å². The van der Waals surface area contributed by atoms with Crippen molar-refractivity contribution in [3.63, 3.8) is 0 Å². The molecule has 0 atom stereocenters. The van der Waals surface area contributed by atoms with E-state index in [1.54, 1.807) is 0 Å². The van der Waals surface area contributed by atoms with Crippen molar-refractivity contribution >= 4 is 38.6 Å². The van der Waals surface area contributed by atoms with Crippen LogP contribution in [0.3, 0.4) is 0 Å². The lowest BCUT2D eigenvalue weighted by Gasteiger charge is -2.03. The molecule has 2 aromatic heterocycles. The van der Waals surface area contributed by atoms with Gasteiger partial charge < -0.3 is 9.09 Å². The number of benzene rings is 1. The first-order chi connectivity index (χ1) is 8.78. The highest BCUT2D eigenvalue weighted by atomic mass is 79.9. The molecule has 92 valence electrons. The summed E-state index contributed by atoms with van der Waals surface area (Å²) in [6.07, 6.45) is 1.31.